The number of nitrogens with two attached hydrogens (primary N) is 1. The Labute approximate surface area is 173 Å². The Morgan fingerprint density at radius 3 is 2.67 bits per heavy atom. The average Bonchev–Trinajstić information content (AvgIpc) is 3.20. The summed E-state index contributed by atoms with van der Waals surface area (Å²) in [7, 11) is 1.61. The molecule has 146 valence electrons. The van der Waals surface area contributed by atoms with Gasteiger partial charge in [-0.3, -0.25) is 5.10 Å². The molecule has 6 nitrogen and oxygen atoms in total. The van der Waals surface area contributed by atoms with Crippen LogP contribution in [0.2, 0.25) is 0 Å². The van der Waals surface area contributed by atoms with Crippen LogP contribution in [0.15, 0.2) is 78.2 Å². The molecule has 1 aromatic heterocycles. The lowest BCUT2D eigenvalue weighted by molar-refractivity contribution is 0.375. The van der Waals surface area contributed by atoms with Gasteiger partial charge in [-0.2, -0.15) is 5.26 Å². The first-order valence-corrected chi connectivity index (χ1v) is 9.49. The molecule has 3 N–H and O–H groups in total. The van der Waals surface area contributed by atoms with E-state index in [0.717, 1.165) is 33.2 Å². The number of H-pyrrole nitrogens is 1. The van der Waals surface area contributed by atoms with E-state index < -0.39 is 5.92 Å². The maximum absolute atomic E-state index is 9.91. The van der Waals surface area contributed by atoms with Crippen LogP contribution in [0.1, 0.15) is 17.0 Å². The zero-order chi connectivity index (χ0) is 20.7. The summed E-state index contributed by atoms with van der Waals surface area (Å²) in [5, 5.41) is 19.6. The number of hydrogen-bond acceptors (Lipinski definition) is 5. The van der Waals surface area contributed by atoms with Crippen molar-refractivity contribution >= 4 is 10.8 Å². The highest BCUT2D eigenvalue weighted by Gasteiger charge is 2.37. The number of nitrogens with zero attached hydrogens (tertiary/aromatic N) is 2. The second-order valence-electron chi connectivity index (χ2n) is 7.01. The maximum Gasteiger partial charge on any atom is 0.244 e. The number of rotatable bonds is 3. The largest absolute Gasteiger partial charge is 0.496 e. The van der Waals surface area contributed by atoms with Gasteiger partial charge in [-0.15, -0.1) is 5.10 Å². The minimum absolute atomic E-state index is 0.0527. The van der Waals surface area contributed by atoms with Gasteiger partial charge in [0, 0.05) is 11.1 Å². The van der Waals surface area contributed by atoms with Crippen molar-refractivity contribution in [3.05, 3.63) is 89.3 Å². The van der Waals surface area contributed by atoms with E-state index in [1.807, 2.05) is 48.5 Å². The summed E-state index contributed by atoms with van der Waals surface area (Å²) < 4.78 is 11.3. The average molecular weight is 394 g/mol. The van der Waals surface area contributed by atoms with Gasteiger partial charge in [0.2, 0.25) is 11.8 Å². The first-order valence-electron chi connectivity index (χ1n) is 9.49. The normalized spacial score (nSPS) is 15.4. The number of aromatic amines is 1. The number of fused-ring (bicyclic) bond motifs is 2. The summed E-state index contributed by atoms with van der Waals surface area (Å²) >= 11 is 0. The fraction of sp³-hybridized carbons (Fsp3) is 0.0833. The van der Waals surface area contributed by atoms with Crippen molar-refractivity contribution in [2.24, 2.45) is 5.73 Å². The molecule has 0 amide bonds. The molecule has 0 saturated carbocycles. The molecule has 1 aliphatic heterocycles. The predicted octanol–water partition coefficient (Wildman–Crippen LogP) is 4.46. The fourth-order valence-electron chi connectivity index (χ4n) is 4.11. The third-order valence-electron chi connectivity index (χ3n) is 5.45. The Bertz CT molecular complexity index is 1340. The summed E-state index contributed by atoms with van der Waals surface area (Å²) in [6.07, 6.45) is 0. The van der Waals surface area contributed by atoms with E-state index in [1.165, 1.54) is 0 Å². The Hall–Kier alpha value is -4.24. The second kappa shape index (κ2) is 6.98. The standard InChI is InChI=1S/C24H18N4O2/c1-29-19-12-5-4-10-17(19)20-18(13-25)23(26)30-24-21(20)22(27-28-24)16-11-6-8-14-7-2-3-9-15(14)16/h2-12,20H,26H2,1H3,(H,27,28). The molecule has 1 atom stereocenters. The molecule has 0 spiro atoms. The number of hydrogen-bond donors (Lipinski definition) is 2. The van der Waals surface area contributed by atoms with Crippen molar-refractivity contribution in [1.82, 2.24) is 10.2 Å². The number of allylic oxidation sites excluding steroid dienone is 1. The first kappa shape index (κ1) is 17.8. The van der Waals surface area contributed by atoms with Crippen LogP contribution in [0.5, 0.6) is 11.6 Å². The maximum atomic E-state index is 9.91. The van der Waals surface area contributed by atoms with E-state index in [1.54, 1.807) is 7.11 Å². The van der Waals surface area contributed by atoms with Gasteiger partial charge in [0.15, 0.2) is 0 Å². The Morgan fingerprint density at radius 1 is 1.07 bits per heavy atom. The number of ether oxygens (including phenoxy) is 2. The Balaban J connectivity index is 1.81. The van der Waals surface area contributed by atoms with Crippen LogP contribution < -0.4 is 15.2 Å². The van der Waals surface area contributed by atoms with Gasteiger partial charge in [0.25, 0.3) is 0 Å². The van der Waals surface area contributed by atoms with Gasteiger partial charge < -0.3 is 15.2 Å². The summed E-state index contributed by atoms with van der Waals surface area (Å²) in [6, 6.07) is 24.1. The predicted molar refractivity (Wildman–Crippen MR) is 114 cm³/mol. The number of benzene rings is 3. The molecule has 0 aliphatic carbocycles. The third kappa shape index (κ3) is 2.60. The second-order valence-corrected chi connectivity index (χ2v) is 7.01. The van der Waals surface area contributed by atoms with E-state index in [4.69, 9.17) is 15.2 Å². The van der Waals surface area contributed by atoms with Crippen LogP contribution in [-0.2, 0) is 0 Å². The van der Waals surface area contributed by atoms with Crippen LogP contribution in [0.3, 0.4) is 0 Å². The van der Waals surface area contributed by atoms with Crippen molar-refractivity contribution in [1.29, 1.82) is 5.26 Å². The van der Waals surface area contributed by atoms with Crippen LogP contribution in [0.4, 0.5) is 0 Å². The molecular weight excluding hydrogens is 376 g/mol. The molecule has 0 fully saturated rings. The first-order chi connectivity index (χ1) is 14.7. The molecular formula is C24H18N4O2. The van der Waals surface area contributed by atoms with Crippen molar-refractivity contribution in [2.75, 3.05) is 7.11 Å². The molecule has 30 heavy (non-hydrogen) atoms. The van der Waals surface area contributed by atoms with Crippen molar-refractivity contribution in [2.45, 2.75) is 5.92 Å². The quantitative estimate of drug-likeness (QED) is 0.535. The molecule has 2 heterocycles. The van der Waals surface area contributed by atoms with Gasteiger partial charge in [-0.05, 0) is 16.8 Å². The van der Waals surface area contributed by atoms with Crippen LogP contribution in [0, 0.1) is 11.3 Å². The monoisotopic (exact) mass is 394 g/mol. The van der Waals surface area contributed by atoms with Gasteiger partial charge in [0.05, 0.1) is 24.3 Å². The topological polar surface area (TPSA) is 96.9 Å². The lowest BCUT2D eigenvalue weighted by Gasteiger charge is -2.25. The number of methoxy groups -OCH3 is 1. The zero-order valence-corrected chi connectivity index (χ0v) is 16.2. The lowest BCUT2D eigenvalue weighted by Crippen LogP contribution is -2.21. The molecule has 5 rings (SSSR count). The molecule has 0 radical (unpaired) electrons. The van der Waals surface area contributed by atoms with E-state index in [2.05, 4.69) is 34.5 Å². The highest BCUT2D eigenvalue weighted by Crippen LogP contribution is 2.48. The number of para-hydroxylation sites is 1. The molecule has 0 bridgehead atoms. The third-order valence-corrected chi connectivity index (χ3v) is 5.45. The number of nitrogens with one attached hydrogen (secondary N) is 1. The summed E-state index contributed by atoms with van der Waals surface area (Å²) in [6.45, 7) is 0. The van der Waals surface area contributed by atoms with E-state index in [0.29, 0.717) is 17.2 Å². The van der Waals surface area contributed by atoms with Gasteiger partial charge in [-0.25, -0.2) is 0 Å². The smallest absolute Gasteiger partial charge is 0.244 e. The molecule has 3 aromatic carbocycles. The summed E-state index contributed by atoms with van der Waals surface area (Å²) in [5.74, 6) is 0.616. The van der Waals surface area contributed by atoms with E-state index >= 15 is 0 Å². The van der Waals surface area contributed by atoms with Crippen molar-refractivity contribution in [3.8, 4) is 29.0 Å². The highest BCUT2D eigenvalue weighted by atomic mass is 16.5. The van der Waals surface area contributed by atoms with Crippen molar-refractivity contribution < 1.29 is 9.47 Å². The molecule has 0 saturated heterocycles. The Morgan fingerprint density at radius 2 is 1.83 bits per heavy atom. The van der Waals surface area contributed by atoms with Gasteiger partial charge in [-0.1, -0.05) is 60.7 Å². The molecule has 6 heteroatoms. The van der Waals surface area contributed by atoms with Crippen LogP contribution in [0.25, 0.3) is 22.0 Å². The van der Waals surface area contributed by atoms with Crippen molar-refractivity contribution in [3.63, 3.8) is 0 Å². The van der Waals surface area contributed by atoms with Gasteiger partial charge >= 0.3 is 0 Å². The van der Waals surface area contributed by atoms with Crippen LogP contribution in [-0.4, -0.2) is 17.3 Å². The zero-order valence-electron chi connectivity index (χ0n) is 16.2. The minimum Gasteiger partial charge on any atom is -0.496 e. The van der Waals surface area contributed by atoms with Gasteiger partial charge in [0.1, 0.15) is 17.4 Å². The fourth-order valence-corrected chi connectivity index (χ4v) is 4.11. The van der Waals surface area contributed by atoms with E-state index in [9.17, 15) is 5.26 Å². The van der Waals surface area contributed by atoms with Crippen LogP contribution >= 0.6 is 0 Å². The Kier molecular flexibility index (Phi) is 4.15. The number of aromatic nitrogens is 2. The highest BCUT2D eigenvalue weighted by molar-refractivity contribution is 5.97. The molecule has 4 aromatic rings. The number of nitriles is 1. The van der Waals surface area contributed by atoms with E-state index in [-0.39, 0.29) is 5.88 Å². The summed E-state index contributed by atoms with van der Waals surface area (Å²) in [4.78, 5) is 0. The summed E-state index contributed by atoms with van der Waals surface area (Å²) in [5.41, 5.74) is 9.79. The SMILES string of the molecule is COc1ccccc1C1C(C#N)=C(N)Oc2n[nH]c(-c3cccc4ccccc34)c21. The molecule has 1 unspecified atom stereocenters. The minimum atomic E-state index is -0.470. The lowest BCUT2D eigenvalue weighted by atomic mass is 9.82. The molecule has 1 aliphatic rings.